The van der Waals surface area contributed by atoms with Gasteiger partial charge in [-0.15, -0.1) is 0 Å². The Labute approximate surface area is 185 Å². The van der Waals surface area contributed by atoms with Crippen LogP contribution in [-0.2, 0) is 15.2 Å². The lowest BCUT2D eigenvalue weighted by molar-refractivity contribution is -0.213. The highest BCUT2D eigenvalue weighted by atomic mass is 19.4. The number of nitrogens with one attached hydrogen (secondary N) is 2. The van der Waals surface area contributed by atoms with Crippen LogP contribution in [-0.4, -0.2) is 52.8 Å². The van der Waals surface area contributed by atoms with E-state index in [4.69, 9.17) is 9.47 Å². The molecule has 1 atom stereocenters. The van der Waals surface area contributed by atoms with Gasteiger partial charge in [0.1, 0.15) is 6.61 Å². The quantitative estimate of drug-likeness (QED) is 0.545. The Morgan fingerprint density at radius 3 is 2.64 bits per heavy atom. The molecule has 3 heterocycles. The molecule has 0 spiro atoms. The zero-order valence-electron chi connectivity index (χ0n) is 17.9. The van der Waals surface area contributed by atoms with Gasteiger partial charge in [-0.3, -0.25) is 19.5 Å². The number of halogens is 3. The second-order valence-electron chi connectivity index (χ2n) is 7.54. The summed E-state index contributed by atoms with van der Waals surface area (Å²) in [6.45, 7) is 3.92. The fraction of sp³-hybridized carbons (Fsp3) is 0.333. The van der Waals surface area contributed by atoms with Gasteiger partial charge in [-0.2, -0.15) is 13.2 Å². The summed E-state index contributed by atoms with van der Waals surface area (Å²) in [7, 11) is 1.47. The number of hydrogen-bond donors (Lipinski definition) is 2. The predicted molar refractivity (Wildman–Crippen MR) is 111 cm³/mol. The summed E-state index contributed by atoms with van der Waals surface area (Å²) >= 11 is 0. The average molecular weight is 463 g/mol. The van der Waals surface area contributed by atoms with Crippen molar-refractivity contribution >= 4 is 28.8 Å². The first kappa shape index (κ1) is 22.5. The number of aromatic nitrogens is 3. The zero-order valence-corrected chi connectivity index (χ0v) is 17.9. The summed E-state index contributed by atoms with van der Waals surface area (Å²) in [5, 5.41) is 4.05. The number of benzene rings is 1. The second kappa shape index (κ2) is 8.03. The number of nitrogens with zero attached hydrogens (tertiary/aromatic N) is 3. The number of fused-ring (bicyclic) bond motifs is 3. The van der Waals surface area contributed by atoms with Crippen molar-refractivity contribution in [2.45, 2.75) is 25.7 Å². The van der Waals surface area contributed by atoms with Crippen molar-refractivity contribution in [2.24, 2.45) is 0 Å². The van der Waals surface area contributed by atoms with Crippen LogP contribution in [0.4, 0.5) is 19.1 Å². The summed E-state index contributed by atoms with van der Waals surface area (Å²) < 4.78 is 54.4. The topological polar surface area (TPSA) is 107 Å². The number of methoxy groups -OCH3 is 1. The molecule has 1 unspecified atom stereocenters. The fourth-order valence-corrected chi connectivity index (χ4v) is 3.58. The molecule has 33 heavy (non-hydrogen) atoms. The maximum absolute atomic E-state index is 14.5. The van der Waals surface area contributed by atoms with Crippen molar-refractivity contribution in [1.82, 2.24) is 19.9 Å². The van der Waals surface area contributed by atoms with Crippen LogP contribution in [0.15, 0.2) is 30.5 Å². The smallest absolute Gasteiger partial charge is 0.440 e. The van der Waals surface area contributed by atoms with E-state index in [1.165, 1.54) is 31.5 Å². The van der Waals surface area contributed by atoms with Crippen molar-refractivity contribution in [3.63, 3.8) is 0 Å². The molecule has 12 heteroatoms. The number of carbonyl (C=O) groups excluding carboxylic acids is 2. The standard InChI is InChI=1S/C21H20F3N5O4/c1-11-8-14-15(9-12(11)2)29-19(26-14)27-18(31)20(29,21(22,23)24)28-17(30)13-4-5-25-16(10-13)33-7-6-32-3/h4-5,8-10H,6-7H2,1-3H3,(H,28,30)(H,26,27,31). The monoisotopic (exact) mass is 463 g/mol. The van der Waals surface area contributed by atoms with Crippen molar-refractivity contribution in [1.29, 1.82) is 0 Å². The number of alkyl halides is 3. The van der Waals surface area contributed by atoms with Crippen LogP contribution in [0, 0.1) is 13.8 Å². The molecule has 0 radical (unpaired) electrons. The number of rotatable bonds is 6. The van der Waals surface area contributed by atoms with Crippen molar-refractivity contribution in [3.8, 4) is 5.88 Å². The maximum Gasteiger partial charge on any atom is 0.440 e. The normalized spacial score (nSPS) is 17.7. The summed E-state index contributed by atoms with van der Waals surface area (Å²) in [5.41, 5.74) is -1.71. The first-order valence-corrected chi connectivity index (χ1v) is 9.87. The minimum atomic E-state index is -5.19. The average Bonchev–Trinajstić information content (AvgIpc) is 3.22. The van der Waals surface area contributed by atoms with Crippen LogP contribution in [0.3, 0.4) is 0 Å². The highest BCUT2D eigenvalue weighted by Crippen LogP contribution is 2.44. The first-order valence-electron chi connectivity index (χ1n) is 9.87. The van der Waals surface area contributed by atoms with Crippen LogP contribution >= 0.6 is 0 Å². The lowest BCUT2D eigenvalue weighted by Crippen LogP contribution is -2.63. The van der Waals surface area contributed by atoms with Crippen LogP contribution in [0.25, 0.3) is 11.0 Å². The van der Waals surface area contributed by atoms with Gasteiger partial charge < -0.3 is 14.8 Å². The molecule has 1 aromatic carbocycles. The largest absolute Gasteiger partial charge is 0.475 e. The minimum Gasteiger partial charge on any atom is -0.475 e. The third kappa shape index (κ3) is 3.65. The molecule has 0 aliphatic carbocycles. The summed E-state index contributed by atoms with van der Waals surface area (Å²) in [5.74, 6) is -2.89. The second-order valence-corrected chi connectivity index (χ2v) is 7.54. The van der Waals surface area contributed by atoms with Gasteiger partial charge in [0, 0.05) is 24.9 Å². The maximum atomic E-state index is 14.5. The molecule has 4 rings (SSSR count). The number of carbonyl (C=O) groups is 2. The Balaban J connectivity index is 1.78. The van der Waals surface area contributed by atoms with E-state index in [2.05, 4.69) is 15.3 Å². The molecule has 2 aromatic heterocycles. The Bertz CT molecular complexity index is 1260. The Morgan fingerprint density at radius 1 is 1.21 bits per heavy atom. The molecule has 0 saturated heterocycles. The van der Waals surface area contributed by atoms with Crippen molar-refractivity contribution in [2.75, 3.05) is 25.6 Å². The number of pyridine rings is 1. The summed E-state index contributed by atoms with van der Waals surface area (Å²) in [6, 6.07) is 5.53. The Hall–Kier alpha value is -3.67. The molecular weight excluding hydrogens is 443 g/mol. The molecule has 0 bridgehead atoms. The van der Waals surface area contributed by atoms with E-state index in [0.29, 0.717) is 10.1 Å². The van der Waals surface area contributed by atoms with Crippen LogP contribution in [0.2, 0.25) is 0 Å². The fourth-order valence-electron chi connectivity index (χ4n) is 3.58. The lowest BCUT2D eigenvalue weighted by atomic mass is 10.1. The molecule has 0 saturated carbocycles. The Kier molecular flexibility index (Phi) is 5.48. The molecule has 174 valence electrons. The molecule has 2 amide bonds. The minimum absolute atomic E-state index is 0.0245. The zero-order chi connectivity index (χ0) is 24.0. The molecule has 1 aliphatic heterocycles. The first-order chi connectivity index (χ1) is 15.6. The lowest BCUT2D eigenvalue weighted by Gasteiger charge is -2.32. The molecule has 0 fully saturated rings. The summed E-state index contributed by atoms with van der Waals surface area (Å²) in [4.78, 5) is 33.7. The van der Waals surface area contributed by atoms with E-state index in [9.17, 15) is 22.8 Å². The molecule has 2 N–H and O–H groups in total. The van der Waals surface area contributed by atoms with Gasteiger partial charge >= 0.3 is 6.18 Å². The summed E-state index contributed by atoms with van der Waals surface area (Å²) in [6.07, 6.45) is -3.97. The number of aryl methyl sites for hydroxylation is 2. The van der Waals surface area contributed by atoms with E-state index in [1.807, 2.05) is 5.32 Å². The third-order valence-corrected chi connectivity index (χ3v) is 5.40. The molecule has 3 aromatic rings. The number of amides is 2. The van der Waals surface area contributed by atoms with Gasteiger partial charge in [0.15, 0.2) is 0 Å². The third-order valence-electron chi connectivity index (χ3n) is 5.40. The van der Waals surface area contributed by atoms with Gasteiger partial charge in [0.05, 0.1) is 17.6 Å². The van der Waals surface area contributed by atoms with Crippen molar-refractivity contribution in [3.05, 3.63) is 47.2 Å². The molecule has 1 aliphatic rings. The predicted octanol–water partition coefficient (Wildman–Crippen LogP) is 2.67. The highest BCUT2D eigenvalue weighted by Gasteiger charge is 2.67. The van der Waals surface area contributed by atoms with Gasteiger partial charge in [-0.1, -0.05) is 0 Å². The van der Waals surface area contributed by atoms with Crippen molar-refractivity contribution < 1.29 is 32.2 Å². The molecular formula is C21H20F3N5O4. The van der Waals surface area contributed by atoms with Crippen LogP contribution < -0.4 is 15.4 Å². The van der Waals surface area contributed by atoms with Gasteiger partial charge in [-0.05, 0) is 43.2 Å². The van der Waals surface area contributed by atoms with E-state index >= 15 is 0 Å². The number of ether oxygens (including phenoxy) is 2. The number of anilines is 1. The molecule has 9 nitrogen and oxygen atoms in total. The van der Waals surface area contributed by atoms with Gasteiger partial charge in [-0.25, -0.2) is 9.97 Å². The Morgan fingerprint density at radius 2 is 1.94 bits per heavy atom. The van der Waals surface area contributed by atoms with Crippen LogP contribution in [0.1, 0.15) is 21.5 Å². The van der Waals surface area contributed by atoms with Gasteiger partial charge in [0.25, 0.3) is 17.5 Å². The number of hydrogen-bond acceptors (Lipinski definition) is 6. The van der Waals surface area contributed by atoms with E-state index in [-0.39, 0.29) is 41.6 Å². The van der Waals surface area contributed by atoms with E-state index in [0.717, 1.165) is 5.56 Å². The van der Waals surface area contributed by atoms with E-state index < -0.39 is 23.7 Å². The highest BCUT2D eigenvalue weighted by molar-refractivity contribution is 6.07. The van der Waals surface area contributed by atoms with E-state index in [1.54, 1.807) is 19.9 Å². The number of imidazole rings is 1. The van der Waals surface area contributed by atoms with Crippen LogP contribution in [0.5, 0.6) is 5.88 Å². The van der Waals surface area contributed by atoms with Gasteiger partial charge in [0.2, 0.25) is 11.8 Å². The SMILES string of the molecule is COCCOc1cc(C(=O)NC2(C(F)(F)F)C(=O)Nc3nc4cc(C)c(C)cc4n32)ccn1.